The second-order valence-corrected chi connectivity index (χ2v) is 4.79. The lowest BCUT2D eigenvalue weighted by atomic mass is 10.3. The third-order valence-electron chi connectivity index (χ3n) is 2.12. The summed E-state index contributed by atoms with van der Waals surface area (Å²) in [6, 6.07) is 5.39. The zero-order chi connectivity index (χ0) is 12.8. The lowest BCUT2D eigenvalue weighted by Crippen LogP contribution is -2.01. The van der Waals surface area contributed by atoms with Crippen LogP contribution < -0.4 is 5.73 Å². The predicted molar refractivity (Wildman–Crippen MR) is 72.4 cm³/mol. The van der Waals surface area contributed by atoms with Gasteiger partial charge >= 0.3 is 5.97 Å². The molecule has 0 unspecified atom stereocenters. The summed E-state index contributed by atoms with van der Waals surface area (Å²) in [7, 11) is 1.36. The molecule has 0 aliphatic carbocycles. The fourth-order valence-corrected chi connectivity index (χ4v) is 2.46. The molecular weight excluding hydrogens is 258 g/mol. The van der Waals surface area contributed by atoms with Gasteiger partial charge in [-0.05, 0) is 19.1 Å². The van der Waals surface area contributed by atoms with E-state index in [1.54, 1.807) is 31.2 Å². The Bertz CT molecular complexity index is 426. The van der Waals surface area contributed by atoms with E-state index in [9.17, 15) is 4.79 Å². The topological polar surface area (TPSA) is 52.3 Å². The first-order valence-electron chi connectivity index (χ1n) is 4.98. The Morgan fingerprint density at radius 1 is 1.59 bits per heavy atom. The highest BCUT2D eigenvalue weighted by atomic mass is 35.5. The zero-order valence-electron chi connectivity index (χ0n) is 9.70. The van der Waals surface area contributed by atoms with Crippen LogP contribution >= 0.6 is 23.4 Å². The number of nitrogens with two attached hydrogens (primary N) is 1. The number of methoxy groups -OCH3 is 1. The van der Waals surface area contributed by atoms with Gasteiger partial charge in [-0.25, -0.2) is 4.79 Å². The van der Waals surface area contributed by atoms with Crippen LogP contribution in [0.15, 0.2) is 34.7 Å². The first-order chi connectivity index (χ1) is 8.06. The van der Waals surface area contributed by atoms with E-state index in [2.05, 4.69) is 4.74 Å². The van der Waals surface area contributed by atoms with Crippen molar-refractivity contribution in [2.45, 2.75) is 11.8 Å². The van der Waals surface area contributed by atoms with Gasteiger partial charge in [-0.3, -0.25) is 0 Å². The van der Waals surface area contributed by atoms with Crippen molar-refractivity contribution >= 4 is 35.0 Å². The maximum Gasteiger partial charge on any atom is 0.333 e. The van der Waals surface area contributed by atoms with E-state index in [0.29, 0.717) is 22.0 Å². The zero-order valence-corrected chi connectivity index (χ0v) is 11.3. The number of rotatable bonds is 4. The summed E-state index contributed by atoms with van der Waals surface area (Å²) in [5.41, 5.74) is 7.03. The van der Waals surface area contributed by atoms with Crippen molar-refractivity contribution in [2.24, 2.45) is 0 Å². The summed E-state index contributed by atoms with van der Waals surface area (Å²) in [4.78, 5) is 12.0. The monoisotopic (exact) mass is 271 g/mol. The van der Waals surface area contributed by atoms with Crippen molar-refractivity contribution in [1.82, 2.24) is 0 Å². The molecule has 92 valence electrons. The van der Waals surface area contributed by atoms with E-state index in [0.717, 1.165) is 4.90 Å². The average molecular weight is 272 g/mol. The van der Waals surface area contributed by atoms with Gasteiger partial charge < -0.3 is 10.5 Å². The molecule has 1 rings (SSSR count). The number of nitrogen functional groups attached to an aromatic ring is 1. The van der Waals surface area contributed by atoms with E-state index in [1.807, 2.05) is 0 Å². The van der Waals surface area contributed by atoms with Crippen molar-refractivity contribution in [3.8, 4) is 0 Å². The molecule has 3 nitrogen and oxygen atoms in total. The third kappa shape index (κ3) is 3.98. The highest BCUT2D eigenvalue weighted by Crippen LogP contribution is 2.32. The Morgan fingerprint density at radius 3 is 2.88 bits per heavy atom. The first kappa shape index (κ1) is 13.9. The van der Waals surface area contributed by atoms with Gasteiger partial charge in [0, 0.05) is 21.9 Å². The lowest BCUT2D eigenvalue weighted by molar-refractivity contribution is -0.136. The van der Waals surface area contributed by atoms with Crippen molar-refractivity contribution in [1.29, 1.82) is 0 Å². The van der Waals surface area contributed by atoms with Gasteiger partial charge in [-0.1, -0.05) is 23.7 Å². The van der Waals surface area contributed by atoms with E-state index in [4.69, 9.17) is 17.3 Å². The first-order valence-corrected chi connectivity index (χ1v) is 6.34. The van der Waals surface area contributed by atoms with Crippen LogP contribution in [0.2, 0.25) is 5.02 Å². The summed E-state index contributed by atoms with van der Waals surface area (Å²) in [5.74, 6) is 0.298. The highest BCUT2D eigenvalue weighted by molar-refractivity contribution is 7.99. The molecule has 0 bridgehead atoms. The van der Waals surface area contributed by atoms with Crippen molar-refractivity contribution in [3.05, 3.63) is 34.9 Å². The second-order valence-electron chi connectivity index (χ2n) is 3.35. The number of carbonyl (C=O) groups excluding carboxylic acids is 1. The number of halogens is 1. The number of benzene rings is 1. The molecule has 2 N–H and O–H groups in total. The molecule has 0 saturated heterocycles. The Kier molecular flexibility index (Phi) is 5.38. The van der Waals surface area contributed by atoms with Crippen LogP contribution in [0.5, 0.6) is 0 Å². The van der Waals surface area contributed by atoms with Gasteiger partial charge in [0.25, 0.3) is 0 Å². The molecule has 0 heterocycles. The van der Waals surface area contributed by atoms with Crippen molar-refractivity contribution in [2.75, 3.05) is 18.6 Å². The van der Waals surface area contributed by atoms with Crippen LogP contribution in [0.25, 0.3) is 0 Å². The molecule has 5 heteroatoms. The Labute approximate surface area is 110 Å². The molecule has 0 atom stereocenters. The molecule has 0 saturated carbocycles. The van der Waals surface area contributed by atoms with Gasteiger partial charge in [0.1, 0.15) is 0 Å². The minimum Gasteiger partial charge on any atom is -0.466 e. The summed E-state index contributed by atoms with van der Waals surface area (Å²) >= 11 is 7.51. The average Bonchev–Trinajstić information content (AvgIpc) is 2.31. The van der Waals surface area contributed by atoms with E-state index in [-0.39, 0.29) is 5.97 Å². The molecule has 0 radical (unpaired) electrons. The normalized spacial score (nSPS) is 11.4. The van der Waals surface area contributed by atoms with Gasteiger partial charge in [0.15, 0.2) is 0 Å². The van der Waals surface area contributed by atoms with Crippen LogP contribution in [0, 0.1) is 0 Å². The molecule has 0 aliphatic heterocycles. The number of ether oxygens (including phenoxy) is 1. The third-order valence-corrected chi connectivity index (χ3v) is 3.63. The number of carbonyl (C=O) groups is 1. The van der Waals surface area contributed by atoms with Gasteiger partial charge in [-0.2, -0.15) is 0 Å². The van der Waals surface area contributed by atoms with Crippen LogP contribution in [0.4, 0.5) is 5.69 Å². The van der Waals surface area contributed by atoms with Gasteiger partial charge in [0.2, 0.25) is 0 Å². The summed E-state index contributed by atoms with van der Waals surface area (Å²) in [5, 5.41) is 0.624. The quantitative estimate of drug-likeness (QED) is 0.396. The Morgan fingerprint density at radius 2 is 2.29 bits per heavy atom. The van der Waals surface area contributed by atoms with Crippen molar-refractivity contribution in [3.63, 3.8) is 0 Å². The van der Waals surface area contributed by atoms with E-state index in [1.165, 1.54) is 18.9 Å². The fourth-order valence-electron chi connectivity index (χ4n) is 1.17. The van der Waals surface area contributed by atoms with Gasteiger partial charge in [0.05, 0.1) is 12.1 Å². The molecule has 17 heavy (non-hydrogen) atoms. The lowest BCUT2D eigenvalue weighted by Gasteiger charge is -2.05. The van der Waals surface area contributed by atoms with E-state index < -0.39 is 0 Å². The van der Waals surface area contributed by atoms with Crippen LogP contribution in [-0.2, 0) is 9.53 Å². The molecule has 1 aromatic rings. The molecular formula is C12H14ClNO2S. The van der Waals surface area contributed by atoms with E-state index >= 15 is 0 Å². The van der Waals surface area contributed by atoms with Gasteiger partial charge in [-0.15, -0.1) is 11.8 Å². The molecule has 0 amide bonds. The minimum atomic E-state index is -0.322. The molecule has 0 spiro atoms. The molecule has 1 aromatic carbocycles. The summed E-state index contributed by atoms with van der Waals surface area (Å²) < 4.78 is 4.59. The number of hydrogen-bond acceptors (Lipinski definition) is 4. The number of thioether (sulfide) groups is 1. The number of anilines is 1. The number of esters is 1. The standard InChI is InChI=1S/C12H14ClNO2S/c1-8(12(15)16-2)6-7-17-11-9(13)4-3-5-10(11)14/h3-6H,7,14H2,1-2H3. The molecule has 0 aromatic heterocycles. The maximum absolute atomic E-state index is 11.1. The highest BCUT2D eigenvalue weighted by Gasteiger charge is 2.05. The predicted octanol–water partition coefficient (Wildman–Crippen LogP) is 3.13. The van der Waals surface area contributed by atoms with Crippen LogP contribution in [-0.4, -0.2) is 18.8 Å². The maximum atomic E-state index is 11.1. The SMILES string of the molecule is COC(=O)C(C)=CCSc1c(N)cccc1Cl. The molecule has 0 fully saturated rings. The summed E-state index contributed by atoms with van der Waals surface area (Å²) in [6.45, 7) is 1.71. The second kappa shape index (κ2) is 6.57. The molecule has 0 aliphatic rings. The Balaban J connectivity index is 2.66. The fraction of sp³-hybridized carbons (Fsp3) is 0.250. The van der Waals surface area contributed by atoms with Crippen molar-refractivity contribution < 1.29 is 9.53 Å². The largest absolute Gasteiger partial charge is 0.466 e. The van der Waals surface area contributed by atoms with Crippen LogP contribution in [0.1, 0.15) is 6.92 Å². The van der Waals surface area contributed by atoms with Crippen LogP contribution in [0.3, 0.4) is 0 Å². The number of hydrogen-bond donors (Lipinski definition) is 1. The smallest absolute Gasteiger partial charge is 0.333 e. The minimum absolute atomic E-state index is 0.322. The summed E-state index contributed by atoms with van der Waals surface area (Å²) in [6.07, 6.45) is 1.79. The Hall–Kier alpha value is -1.13.